The Morgan fingerprint density at radius 2 is 0.812 bits per heavy atom. The Kier molecular flexibility index (Phi) is 8.13. The van der Waals surface area contributed by atoms with Crippen molar-refractivity contribution >= 4 is 60.9 Å². The zero-order valence-electron chi connectivity index (χ0n) is 34.8. The molecule has 0 atom stereocenters. The molecule has 3 heteroatoms. The second-order valence-electron chi connectivity index (χ2n) is 16.7. The van der Waals surface area contributed by atoms with E-state index in [2.05, 4.69) is 229 Å². The first-order valence-electron chi connectivity index (χ1n) is 21.9. The molecule has 2 aromatic heterocycles. The molecule has 0 bridgehead atoms. The Morgan fingerprint density at radius 1 is 0.312 bits per heavy atom. The molecule has 1 aliphatic rings. The average Bonchev–Trinajstić information content (AvgIpc) is 4.04. The predicted octanol–water partition coefficient (Wildman–Crippen LogP) is 16.7. The van der Waals surface area contributed by atoms with E-state index in [1.165, 1.54) is 38.9 Å². The van der Waals surface area contributed by atoms with E-state index in [9.17, 15) is 0 Å². The van der Waals surface area contributed by atoms with Crippen LogP contribution in [0.1, 0.15) is 22.3 Å². The molecule has 0 N–H and O–H groups in total. The fourth-order valence-corrected chi connectivity index (χ4v) is 10.6. The first-order chi connectivity index (χ1) is 31.8. The van der Waals surface area contributed by atoms with Crippen molar-refractivity contribution in [1.82, 2.24) is 0 Å². The number of rotatable bonds is 7. The van der Waals surface area contributed by atoms with Gasteiger partial charge in [-0.2, -0.15) is 0 Å². The summed E-state index contributed by atoms with van der Waals surface area (Å²) in [6, 6.07) is 84.9. The molecule has 0 spiro atoms. The van der Waals surface area contributed by atoms with Gasteiger partial charge in [0.05, 0.1) is 16.5 Å². The maximum Gasteiger partial charge on any atom is 0.143 e. The van der Waals surface area contributed by atoms with Crippen LogP contribution in [-0.4, -0.2) is 0 Å². The van der Waals surface area contributed by atoms with Gasteiger partial charge in [0.2, 0.25) is 0 Å². The molecule has 0 unspecified atom stereocenters. The van der Waals surface area contributed by atoms with Gasteiger partial charge >= 0.3 is 0 Å². The summed E-state index contributed by atoms with van der Waals surface area (Å²) >= 11 is 0. The van der Waals surface area contributed by atoms with E-state index in [4.69, 9.17) is 8.83 Å². The van der Waals surface area contributed by atoms with Gasteiger partial charge in [-0.05, 0) is 87.0 Å². The molecule has 3 nitrogen and oxygen atoms in total. The molecule has 0 amide bonds. The summed E-state index contributed by atoms with van der Waals surface area (Å²) in [6.45, 7) is 0. The number of hydrogen-bond acceptors (Lipinski definition) is 3. The van der Waals surface area contributed by atoms with Gasteiger partial charge in [-0.1, -0.05) is 194 Å². The minimum Gasteiger partial charge on any atom is -0.456 e. The van der Waals surface area contributed by atoms with Gasteiger partial charge in [0, 0.05) is 38.7 Å². The standard InChI is InChI=1S/C61H39NO2/c1-3-16-40(17-4-1)41-32-36-44(37-33-41)62(45-38-34-42(35-39-45)46-23-13-24-50-49-22-9-12-30-56(49)63-59(46)50)55-29-15-31-57-58(55)51-25-14-28-54(60(51)64-57)61(43-18-5-2-6-19-43)52-26-10-7-20-47(52)48-21-8-11-27-53(48)61/h1-39H. The first-order valence-corrected chi connectivity index (χ1v) is 21.9. The highest BCUT2D eigenvalue weighted by atomic mass is 16.3. The fourth-order valence-electron chi connectivity index (χ4n) is 10.6. The van der Waals surface area contributed by atoms with Gasteiger partial charge in [-0.15, -0.1) is 0 Å². The second-order valence-corrected chi connectivity index (χ2v) is 16.7. The van der Waals surface area contributed by atoms with Crippen LogP contribution >= 0.6 is 0 Å². The number of anilines is 3. The van der Waals surface area contributed by atoms with E-state index < -0.39 is 5.41 Å². The second kappa shape index (κ2) is 14.3. The third-order valence-electron chi connectivity index (χ3n) is 13.4. The predicted molar refractivity (Wildman–Crippen MR) is 264 cm³/mol. The normalized spacial score (nSPS) is 12.8. The van der Waals surface area contributed by atoms with Crippen LogP contribution in [0.3, 0.4) is 0 Å². The average molecular weight is 818 g/mol. The van der Waals surface area contributed by atoms with Crippen LogP contribution in [0.25, 0.3) is 77.3 Å². The van der Waals surface area contributed by atoms with Gasteiger partial charge in [0.1, 0.15) is 22.3 Å². The van der Waals surface area contributed by atoms with Crippen LogP contribution in [0.2, 0.25) is 0 Å². The largest absolute Gasteiger partial charge is 0.456 e. The molecule has 13 rings (SSSR count). The summed E-state index contributed by atoms with van der Waals surface area (Å²) in [5.41, 5.74) is 17.9. The first kappa shape index (κ1) is 36.3. The molecule has 2 heterocycles. The summed E-state index contributed by atoms with van der Waals surface area (Å²) in [5, 5.41) is 4.37. The van der Waals surface area contributed by atoms with E-state index in [1.807, 2.05) is 12.1 Å². The summed E-state index contributed by atoms with van der Waals surface area (Å²) in [4.78, 5) is 2.37. The lowest BCUT2D eigenvalue weighted by Gasteiger charge is -2.33. The van der Waals surface area contributed by atoms with Gasteiger partial charge < -0.3 is 13.7 Å². The van der Waals surface area contributed by atoms with E-state index in [0.29, 0.717) is 0 Å². The van der Waals surface area contributed by atoms with Crippen LogP contribution in [0.5, 0.6) is 0 Å². The highest BCUT2D eigenvalue weighted by Crippen LogP contribution is 2.58. The van der Waals surface area contributed by atoms with E-state index >= 15 is 0 Å². The van der Waals surface area contributed by atoms with E-state index in [1.54, 1.807) is 0 Å². The molecule has 64 heavy (non-hydrogen) atoms. The van der Waals surface area contributed by atoms with Crippen LogP contribution in [0.15, 0.2) is 245 Å². The topological polar surface area (TPSA) is 29.5 Å². The summed E-state index contributed by atoms with van der Waals surface area (Å²) in [6.07, 6.45) is 0. The molecule has 300 valence electrons. The van der Waals surface area contributed by atoms with Gasteiger partial charge in [0.15, 0.2) is 0 Å². The molecule has 1 aliphatic carbocycles. The van der Waals surface area contributed by atoms with E-state index in [0.717, 1.165) is 77.6 Å². The van der Waals surface area contributed by atoms with Crippen LogP contribution < -0.4 is 4.90 Å². The van der Waals surface area contributed by atoms with Crippen LogP contribution in [-0.2, 0) is 5.41 Å². The van der Waals surface area contributed by atoms with Crippen molar-refractivity contribution < 1.29 is 8.83 Å². The van der Waals surface area contributed by atoms with Crippen molar-refractivity contribution in [1.29, 1.82) is 0 Å². The minimum absolute atomic E-state index is 0.604. The Balaban J connectivity index is 1.03. The molecule has 0 saturated heterocycles. The summed E-state index contributed by atoms with van der Waals surface area (Å²) < 4.78 is 13.7. The summed E-state index contributed by atoms with van der Waals surface area (Å²) in [5.74, 6) is 0. The number of hydrogen-bond donors (Lipinski definition) is 0. The quantitative estimate of drug-likeness (QED) is 0.160. The van der Waals surface area contributed by atoms with Gasteiger partial charge in [-0.25, -0.2) is 0 Å². The zero-order valence-corrected chi connectivity index (χ0v) is 34.8. The lowest BCUT2D eigenvalue weighted by Crippen LogP contribution is -2.28. The van der Waals surface area contributed by atoms with Crippen molar-refractivity contribution in [2.24, 2.45) is 0 Å². The smallest absolute Gasteiger partial charge is 0.143 e. The van der Waals surface area contributed by atoms with Crippen molar-refractivity contribution in [3.05, 3.63) is 259 Å². The molecular weight excluding hydrogens is 779 g/mol. The maximum absolute atomic E-state index is 7.22. The minimum atomic E-state index is -0.604. The molecule has 12 aromatic rings. The number of nitrogens with zero attached hydrogens (tertiary/aromatic N) is 1. The lowest BCUT2D eigenvalue weighted by atomic mass is 9.67. The number of fused-ring (bicyclic) bond motifs is 9. The Bertz CT molecular complexity index is 3670. The maximum atomic E-state index is 7.22. The van der Waals surface area contributed by atoms with Gasteiger partial charge in [-0.3, -0.25) is 0 Å². The van der Waals surface area contributed by atoms with Crippen LogP contribution in [0, 0.1) is 0 Å². The van der Waals surface area contributed by atoms with Gasteiger partial charge in [0.25, 0.3) is 0 Å². The molecule has 0 fully saturated rings. The zero-order chi connectivity index (χ0) is 42.2. The Labute approximate surface area is 370 Å². The summed E-state index contributed by atoms with van der Waals surface area (Å²) in [7, 11) is 0. The molecule has 0 aliphatic heterocycles. The van der Waals surface area contributed by atoms with Crippen molar-refractivity contribution in [2.75, 3.05) is 4.90 Å². The molecular formula is C61H39NO2. The van der Waals surface area contributed by atoms with Crippen molar-refractivity contribution in [3.8, 4) is 33.4 Å². The highest BCUT2D eigenvalue weighted by molar-refractivity contribution is 6.15. The number of furan rings is 2. The molecule has 0 radical (unpaired) electrons. The number of para-hydroxylation sites is 3. The number of benzene rings is 10. The SMILES string of the molecule is c1ccc(-c2ccc(N(c3ccc(-c4cccc5c4oc4ccccc45)cc3)c3cccc4oc5c(C6(c7ccccc7)c7ccccc7-c7ccccc76)cccc5c34)cc2)cc1. The lowest BCUT2D eigenvalue weighted by molar-refractivity contribution is 0.648. The van der Waals surface area contributed by atoms with Crippen molar-refractivity contribution in [3.63, 3.8) is 0 Å². The molecule has 10 aromatic carbocycles. The third-order valence-corrected chi connectivity index (χ3v) is 13.4. The fraction of sp³-hybridized carbons (Fsp3) is 0.0164. The van der Waals surface area contributed by atoms with Crippen LogP contribution in [0.4, 0.5) is 17.1 Å². The van der Waals surface area contributed by atoms with E-state index in [-0.39, 0.29) is 0 Å². The highest BCUT2D eigenvalue weighted by Gasteiger charge is 2.47. The Morgan fingerprint density at radius 3 is 1.55 bits per heavy atom. The van der Waals surface area contributed by atoms with Crippen molar-refractivity contribution in [2.45, 2.75) is 5.41 Å². The monoisotopic (exact) mass is 817 g/mol. The molecule has 0 saturated carbocycles. The Hall–Kier alpha value is -8.40. The third kappa shape index (κ3) is 5.34.